The number of thiazole rings is 1. The van der Waals surface area contributed by atoms with Gasteiger partial charge < -0.3 is 15.0 Å². The quantitative estimate of drug-likeness (QED) is 0.358. The molecule has 0 aliphatic carbocycles. The topological polar surface area (TPSA) is 70.6 Å². The number of hydrogen-bond acceptors (Lipinski definition) is 7. The lowest BCUT2D eigenvalue weighted by Crippen LogP contribution is -2.50. The summed E-state index contributed by atoms with van der Waals surface area (Å²) in [6.45, 7) is 2.97. The van der Waals surface area contributed by atoms with Crippen LogP contribution in [0.5, 0.6) is 5.75 Å². The van der Waals surface area contributed by atoms with E-state index < -0.39 is 29.3 Å². The number of carbonyl (C=O) groups is 1. The SMILES string of the molecule is CN1CCN(C(NC(=O)c2c(F)ccc(OCc3nc4cc(Cl)cnc4s3)c2F)c2ccccc2)CC1. The zero-order valence-electron chi connectivity index (χ0n) is 20.0. The predicted molar refractivity (Wildman–Crippen MR) is 139 cm³/mol. The summed E-state index contributed by atoms with van der Waals surface area (Å²) >= 11 is 7.23. The average molecular weight is 544 g/mol. The Labute approximate surface area is 221 Å². The lowest BCUT2D eigenvalue weighted by atomic mass is 10.1. The standard InChI is InChI=1S/C26H24ClF2N5O2S/c1-33-9-11-34(12-10-33)24(16-5-3-2-4-6-16)32-25(35)22-18(28)7-8-20(23(22)29)36-15-21-31-19-13-17(27)14-30-26(19)37-21/h2-8,13-14,24H,9-12,15H2,1H3,(H,32,35). The Bertz CT molecular complexity index is 1410. The third-order valence-corrected chi connectivity index (χ3v) is 7.34. The maximum absolute atomic E-state index is 15.4. The minimum atomic E-state index is -1.06. The van der Waals surface area contributed by atoms with Crippen molar-refractivity contribution in [1.82, 2.24) is 25.1 Å². The minimum Gasteiger partial charge on any atom is -0.483 e. The van der Waals surface area contributed by atoms with E-state index in [9.17, 15) is 9.18 Å². The number of halogens is 3. The van der Waals surface area contributed by atoms with Crippen LogP contribution in [0, 0.1) is 11.6 Å². The van der Waals surface area contributed by atoms with Gasteiger partial charge in [-0.2, -0.15) is 0 Å². The van der Waals surface area contributed by atoms with Gasteiger partial charge in [0.2, 0.25) is 0 Å². The van der Waals surface area contributed by atoms with Crippen LogP contribution in [0.3, 0.4) is 0 Å². The van der Waals surface area contributed by atoms with Crippen molar-refractivity contribution in [2.24, 2.45) is 0 Å². The van der Waals surface area contributed by atoms with Gasteiger partial charge in [-0.05, 0) is 30.8 Å². The van der Waals surface area contributed by atoms with Crippen molar-refractivity contribution in [3.8, 4) is 5.75 Å². The van der Waals surface area contributed by atoms with Crippen molar-refractivity contribution in [3.63, 3.8) is 0 Å². The first-order valence-electron chi connectivity index (χ1n) is 11.7. The minimum absolute atomic E-state index is 0.0732. The highest BCUT2D eigenvalue weighted by Crippen LogP contribution is 2.28. The van der Waals surface area contributed by atoms with Gasteiger partial charge in [0, 0.05) is 32.4 Å². The molecule has 2 aromatic carbocycles. The fourth-order valence-corrected chi connectivity index (χ4v) is 5.15. The molecule has 7 nitrogen and oxygen atoms in total. The summed E-state index contributed by atoms with van der Waals surface area (Å²) in [5.74, 6) is -3.13. The maximum Gasteiger partial charge on any atom is 0.258 e. The summed E-state index contributed by atoms with van der Waals surface area (Å²) in [5, 5.41) is 3.84. The van der Waals surface area contributed by atoms with Gasteiger partial charge in [-0.3, -0.25) is 9.69 Å². The number of likely N-dealkylation sites (N-methyl/N-ethyl adjacent to an activating group) is 1. The van der Waals surface area contributed by atoms with Crippen molar-refractivity contribution in [3.05, 3.63) is 87.5 Å². The number of ether oxygens (including phenoxy) is 1. The lowest BCUT2D eigenvalue weighted by Gasteiger charge is -2.38. The molecule has 0 spiro atoms. The third-order valence-electron chi connectivity index (χ3n) is 6.18. The molecule has 11 heteroatoms. The van der Waals surface area contributed by atoms with Gasteiger partial charge in [-0.1, -0.05) is 53.3 Å². The number of nitrogens with one attached hydrogen (secondary N) is 1. The van der Waals surface area contributed by atoms with Gasteiger partial charge >= 0.3 is 0 Å². The van der Waals surface area contributed by atoms with Crippen LogP contribution in [0.25, 0.3) is 10.3 Å². The molecule has 2 aromatic heterocycles. The fraction of sp³-hybridized carbons (Fsp3) is 0.269. The second-order valence-electron chi connectivity index (χ2n) is 8.73. The van der Waals surface area contributed by atoms with Crippen molar-refractivity contribution in [2.45, 2.75) is 12.8 Å². The Morgan fingerprint density at radius 3 is 2.68 bits per heavy atom. The summed E-state index contributed by atoms with van der Waals surface area (Å²) < 4.78 is 35.8. The second-order valence-corrected chi connectivity index (χ2v) is 10.2. The average Bonchev–Trinajstić information content (AvgIpc) is 3.30. The van der Waals surface area contributed by atoms with Crippen molar-refractivity contribution in [2.75, 3.05) is 33.2 Å². The third kappa shape index (κ3) is 5.72. The Morgan fingerprint density at radius 2 is 1.92 bits per heavy atom. The highest BCUT2D eigenvalue weighted by atomic mass is 35.5. The Balaban J connectivity index is 1.36. The fourth-order valence-electron chi connectivity index (χ4n) is 4.19. The van der Waals surface area contributed by atoms with E-state index in [0.717, 1.165) is 24.7 Å². The van der Waals surface area contributed by atoms with E-state index in [2.05, 4.69) is 25.1 Å². The van der Waals surface area contributed by atoms with Crippen molar-refractivity contribution in [1.29, 1.82) is 0 Å². The van der Waals surface area contributed by atoms with Gasteiger partial charge in [-0.25, -0.2) is 18.7 Å². The van der Waals surface area contributed by atoms with E-state index in [1.807, 2.05) is 37.4 Å². The molecule has 5 rings (SSSR count). The normalized spacial score (nSPS) is 15.6. The predicted octanol–water partition coefficient (Wildman–Crippen LogP) is 4.88. The van der Waals surface area contributed by atoms with Gasteiger partial charge in [-0.15, -0.1) is 0 Å². The van der Waals surface area contributed by atoms with Gasteiger partial charge in [0.05, 0.1) is 5.02 Å². The summed E-state index contributed by atoms with van der Waals surface area (Å²) in [6, 6.07) is 13.2. The zero-order valence-corrected chi connectivity index (χ0v) is 21.5. The highest BCUT2D eigenvalue weighted by molar-refractivity contribution is 7.18. The molecule has 1 unspecified atom stereocenters. The van der Waals surface area contributed by atoms with Crippen LogP contribution in [0.2, 0.25) is 5.02 Å². The number of hydrogen-bond donors (Lipinski definition) is 1. The molecule has 1 atom stereocenters. The van der Waals surface area contributed by atoms with Gasteiger partial charge in [0.15, 0.2) is 11.6 Å². The van der Waals surface area contributed by atoms with E-state index in [4.69, 9.17) is 16.3 Å². The van der Waals surface area contributed by atoms with Crippen LogP contribution >= 0.6 is 22.9 Å². The molecule has 1 aliphatic rings. The number of rotatable bonds is 7. The number of fused-ring (bicyclic) bond motifs is 1. The number of pyridine rings is 1. The number of nitrogens with zero attached hydrogens (tertiary/aromatic N) is 4. The first kappa shape index (κ1) is 25.5. The van der Waals surface area contributed by atoms with Crippen LogP contribution in [-0.2, 0) is 6.61 Å². The molecule has 1 amide bonds. The molecule has 192 valence electrons. The number of benzene rings is 2. The molecular weight excluding hydrogens is 520 g/mol. The molecule has 3 heterocycles. The molecule has 1 aliphatic heterocycles. The molecule has 1 saturated heterocycles. The number of aromatic nitrogens is 2. The van der Waals surface area contributed by atoms with E-state index in [1.165, 1.54) is 23.6 Å². The molecule has 4 aromatic rings. The van der Waals surface area contributed by atoms with Crippen LogP contribution in [0.1, 0.15) is 27.1 Å². The van der Waals surface area contributed by atoms with Crippen molar-refractivity contribution >= 4 is 39.2 Å². The summed E-state index contributed by atoms with van der Waals surface area (Å²) in [6.07, 6.45) is 0.982. The highest BCUT2D eigenvalue weighted by Gasteiger charge is 2.29. The molecule has 0 bridgehead atoms. The lowest BCUT2D eigenvalue weighted by molar-refractivity contribution is 0.0712. The molecule has 0 saturated carbocycles. The largest absolute Gasteiger partial charge is 0.483 e. The van der Waals surface area contributed by atoms with Gasteiger partial charge in [0.1, 0.15) is 39.5 Å². The van der Waals surface area contributed by atoms with E-state index in [-0.39, 0.29) is 12.4 Å². The number of amides is 1. The number of piperazine rings is 1. The van der Waals surface area contributed by atoms with E-state index in [0.29, 0.717) is 33.5 Å². The zero-order chi connectivity index (χ0) is 25.9. The molecular formula is C26H24ClF2N5O2S. The first-order chi connectivity index (χ1) is 17.9. The Morgan fingerprint density at radius 1 is 1.16 bits per heavy atom. The summed E-state index contributed by atoms with van der Waals surface area (Å²) in [7, 11) is 2.03. The Kier molecular flexibility index (Phi) is 7.61. The van der Waals surface area contributed by atoms with Crippen LogP contribution in [0.15, 0.2) is 54.7 Å². The molecule has 1 fully saturated rings. The van der Waals surface area contributed by atoms with Crippen LogP contribution in [-0.4, -0.2) is 58.9 Å². The summed E-state index contributed by atoms with van der Waals surface area (Å²) in [4.78, 5) is 26.8. The molecule has 37 heavy (non-hydrogen) atoms. The summed E-state index contributed by atoms with van der Waals surface area (Å²) in [5.41, 5.74) is 0.745. The smallest absolute Gasteiger partial charge is 0.258 e. The van der Waals surface area contributed by atoms with Crippen LogP contribution < -0.4 is 10.1 Å². The molecule has 0 radical (unpaired) electrons. The van der Waals surface area contributed by atoms with E-state index in [1.54, 1.807) is 6.07 Å². The second kappa shape index (κ2) is 11.1. The van der Waals surface area contributed by atoms with Crippen LogP contribution in [0.4, 0.5) is 8.78 Å². The first-order valence-corrected chi connectivity index (χ1v) is 12.9. The van der Waals surface area contributed by atoms with Crippen molar-refractivity contribution < 1.29 is 18.3 Å². The maximum atomic E-state index is 15.4. The number of carbonyl (C=O) groups excluding carboxylic acids is 1. The van der Waals surface area contributed by atoms with Gasteiger partial charge in [0.25, 0.3) is 5.91 Å². The Hall–Kier alpha value is -3.18. The molecule has 1 N–H and O–H groups in total. The monoisotopic (exact) mass is 543 g/mol. The van der Waals surface area contributed by atoms with E-state index >= 15 is 4.39 Å².